The quantitative estimate of drug-likeness (QED) is 0.779. The molecule has 0 saturated carbocycles. The van der Waals surface area contributed by atoms with E-state index in [1.54, 1.807) is 0 Å². The molecule has 1 aromatic rings. The van der Waals surface area contributed by atoms with Crippen molar-refractivity contribution in [3.63, 3.8) is 0 Å². The lowest BCUT2D eigenvalue weighted by atomic mass is 9.96. The van der Waals surface area contributed by atoms with E-state index in [1.807, 2.05) is 7.05 Å². The summed E-state index contributed by atoms with van der Waals surface area (Å²) < 4.78 is 0. The van der Waals surface area contributed by atoms with Crippen molar-refractivity contribution < 1.29 is 0 Å². The van der Waals surface area contributed by atoms with Crippen LogP contribution in [0.1, 0.15) is 31.9 Å². The van der Waals surface area contributed by atoms with E-state index in [0.717, 1.165) is 12.8 Å². The first-order chi connectivity index (χ1) is 7.17. The maximum atomic E-state index is 3.38. The lowest BCUT2D eigenvalue weighted by Gasteiger charge is -2.20. The second kappa shape index (κ2) is 5.92. The Morgan fingerprint density at radius 1 is 1.07 bits per heavy atom. The molecule has 0 amide bonds. The predicted molar refractivity (Wildman–Crippen MR) is 67.2 cm³/mol. The molecule has 15 heavy (non-hydrogen) atoms. The monoisotopic (exact) mass is 205 g/mol. The van der Waals surface area contributed by atoms with Crippen molar-refractivity contribution >= 4 is 0 Å². The van der Waals surface area contributed by atoms with Crippen molar-refractivity contribution in [2.75, 3.05) is 7.05 Å². The fourth-order valence-corrected chi connectivity index (χ4v) is 1.84. The Bertz CT molecular complexity index is 274. The lowest BCUT2D eigenvalue weighted by Crippen LogP contribution is -2.32. The van der Waals surface area contributed by atoms with Gasteiger partial charge < -0.3 is 5.32 Å². The van der Waals surface area contributed by atoms with Gasteiger partial charge in [0.1, 0.15) is 0 Å². The second-order valence-corrected chi connectivity index (χ2v) is 4.51. The van der Waals surface area contributed by atoms with Crippen molar-refractivity contribution in [3.8, 4) is 0 Å². The van der Waals surface area contributed by atoms with Crippen LogP contribution in [0.3, 0.4) is 0 Å². The van der Waals surface area contributed by atoms with Gasteiger partial charge in [-0.1, -0.05) is 45.0 Å². The second-order valence-electron chi connectivity index (χ2n) is 4.51. The maximum absolute atomic E-state index is 3.38. The van der Waals surface area contributed by atoms with Crippen LogP contribution in [0.25, 0.3) is 0 Å². The molecule has 1 N–H and O–H groups in total. The first kappa shape index (κ1) is 12.3. The number of hydrogen-bond acceptors (Lipinski definition) is 1. The van der Waals surface area contributed by atoms with Crippen LogP contribution in [0.2, 0.25) is 0 Å². The molecule has 0 spiro atoms. The molecule has 1 rings (SSSR count). The summed E-state index contributed by atoms with van der Waals surface area (Å²) in [6.07, 6.45) is 2.25. The number of nitrogens with one attached hydrogen (secondary N) is 1. The number of likely N-dealkylation sites (N-methyl/N-ethyl adjacent to an activating group) is 1. The van der Waals surface area contributed by atoms with Crippen molar-refractivity contribution in [1.82, 2.24) is 5.32 Å². The van der Waals surface area contributed by atoms with Crippen molar-refractivity contribution in [2.24, 2.45) is 5.92 Å². The van der Waals surface area contributed by atoms with E-state index >= 15 is 0 Å². The molecule has 1 heteroatoms. The van der Waals surface area contributed by atoms with Gasteiger partial charge in [-0.25, -0.2) is 0 Å². The van der Waals surface area contributed by atoms with Crippen molar-refractivity contribution in [1.29, 1.82) is 0 Å². The van der Waals surface area contributed by atoms with Crippen LogP contribution in [-0.4, -0.2) is 13.1 Å². The Balaban J connectivity index is 2.63. The third-order valence-electron chi connectivity index (χ3n) is 3.06. The molecule has 0 fully saturated rings. The van der Waals surface area contributed by atoms with E-state index < -0.39 is 0 Å². The zero-order valence-corrected chi connectivity index (χ0v) is 10.4. The average molecular weight is 205 g/mol. The van der Waals surface area contributed by atoms with Crippen LogP contribution in [0.15, 0.2) is 24.3 Å². The Hall–Kier alpha value is -0.820. The van der Waals surface area contributed by atoms with Gasteiger partial charge in [-0.05, 0) is 36.9 Å². The standard InChI is InChI=1S/C14H23N/c1-5-12-6-8-13(9-7-12)10-14(15-4)11(2)3/h6-9,11,14-15H,5,10H2,1-4H3. The smallest absolute Gasteiger partial charge is 0.0127 e. The minimum atomic E-state index is 0.581. The summed E-state index contributed by atoms with van der Waals surface area (Å²) in [5, 5.41) is 3.38. The van der Waals surface area contributed by atoms with Crippen LogP contribution in [0.5, 0.6) is 0 Å². The van der Waals surface area contributed by atoms with Crippen LogP contribution in [0.4, 0.5) is 0 Å². The Morgan fingerprint density at radius 2 is 1.60 bits per heavy atom. The molecular weight excluding hydrogens is 182 g/mol. The highest BCUT2D eigenvalue weighted by molar-refractivity contribution is 5.23. The van der Waals surface area contributed by atoms with Crippen LogP contribution in [-0.2, 0) is 12.8 Å². The van der Waals surface area contributed by atoms with Crippen molar-refractivity contribution in [3.05, 3.63) is 35.4 Å². The molecule has 0 aliphatic rings. The molecule has 0 aromatic heterocycles. The first-order valence-corrected chi connectivity index (χ1v) is 5.92. The summed E-state index contributed by atoms with van der Waals surface area (Å²) in [5.74, 6) is 0.681. The van der Waals surface area contributed by atoms with E-state index in [2.05, 4.69) is 50.4 Å². The van der Waals surface area contributed by atoms with Gasteiger partial charge in [-0.3, -0.25) is 0 Å². The van der Waals surface area contributed by atoms with E-state index in [4.69, 9.17) is 0 Å². The Kier molecular flexibility index (Phi) is 4.83. The van der Waals surface area contributed by atoms with E-state index in [0.29, 0.717) is 12.0 Å². The fourth-order valence-electron chi connectivity index (χ4n) is 1.84. The Morgan fingerprint density at radius 3 is 2.00 bits per heavy atom. The zero-order valence-electron chi connectivity index (χ0n) is 10.4. The molecule has 1 unspecified atom stereocenters. The molecule has 0 aliphatic carbocycles. The summed E-state index contributed by atoms with van der Waals surface area (Å²) in [6.45, 7) is 6.72. The molecule has 84 valence electrons. The number of hydrogen-bond donors (Lipinski definition) is 1. The molecule has 0 radical (unpaired) electrons. The fraction of sp³-hybridized carbons (Fsp3) is 0.571. The number of benzene rings is 1. The normalized spacial score (nSPS) is 13.1. The van der Waals surface area contributed by atoms with Gasteiger partial charge in [0, 0.05) is 6.04 Å². The van der Waals surface area contributed by atoms with Crippen molar-refractivity contribution in [2.45, 2.75) is 39.7 Å². The maximum Gasteiger partial charge on any atom is 0.0127 e. The van der Waals surface area contributed by atoms with Gasteiger partial charge in [-0.15, -0.1) is 0 Å². The molecule has 0 saturated heterocycles. The summed E-state index contributed by atoms with van der Waals surface area (Å²) in [6, 6.07) is 9.57. The molecule has 0 aliphatic heterocycles. The van der Waals surface area contributed by atoms with Crippen LogP contribution >= 0.6 is 0 Å². The molecule has 0 bridgehead atoms. The molecule has 1 nitrogen and oxygen atoms in total. The van der Waals surface area contributed by atoms with Gasteiger partial charge in [0.2, 0.25) is 0 Å². The summed E-state index contributed by atoms with van der Waals surface area (Å²) in [4.78, 5) is 0. The van der Waals surface area contributed by atoms with Gasteiger partial charge in [-0.2, -0.15) is 0 Å². The summed E-state index contributed by atoms with van der Waals surface area (Å²) >= 11 is 0. The summed E-state index contributed by atoms with van der Waals surface area (Å²) in [7, 11) is 2.05. The SMILES string of the molecule is CCc1ccc(CC(NC)C(C)C)cc1. The van der Waals surface area contributed by atoms with Crippen LogP contribution in [0, 0.1) is 5.92 Å². The molecule has 0 heterocycles. The van der Waals surface area contributed by atoms with E-state index in [1.165, 1.54) is 11.1 Å². The first-order valence-electron chi connectivity index (χ1n) is 5.92. The molecular formula is C14H23N. The predicted octanol–water partition coefficient (Wildman–Crippen LogP) is 3.04. The third-order valence-corrected chi connectivity index (χ3v) is 3.06. The van der Waals surface area contributed by atoms with E-state index in [9.17, 15) is 0 Å². The minimum absolute atomic E-state index is 0.581. The third kappa shape index (κ3) is 3.67. The largest absolute Gasteiger partial charge is 0.316 e. The van der Waals surface area contributed by atoms with Gasteiger partial charge in [0.05, 0.1) is 0 Å². The summed E-state index contributed by atoms with van der Waals surface area (Å²) in [5.41, 5.74) is 2.85. The highest BCUT2D eigenvalue weighted by Gasteiger charge is 2.10. The Labute approximate surface area is 93.9 Å². The highest BCUT2D eigenvalue weighted by atomic mass is 14.9. The van der Waals surface area contributed by atoms with E-state index in [-0.39, 0.29) is 0 Å². The molecule has 1 aromatic carbocycles. The van der Waals surface area contributed by atoms with Gasteiger partial charge in [0.25, 0.3) is 0 Å². The lowest BCUT2D eigenvalue weighted by molar-refractivity contribution is 0.424. The highest BCUT2D eigenvalue weighted by Crippen LogP contribution is 2.11. The van der Waals surface area contributed by atoms with Crippen LogP contribution < -0.4 is 5.32 Å². The number of rotatable bonds is 5. The minimum Gasteiger partial charge on any atom is -0.316 e. The topological polar surface area (TPSA) is 12.0 Å². The van der Waals surface area contributed by atoms with Gasteiger partial charge >= 0.3 is 0 Å². The number of aryl methyl sites for hydroxylation is 1. The van der Waals surface area contributed by atoms with Gasteiger partial charge in [0.15, 0.2) is 0 Å². The zero-order chi connectivity index (χ0) is 11.3. The average Bonchev–Trinajstić information content (AvgIpc) is 2.26. The molecule has 1 atom stereocenters.